The molecular weight excluding hydrogens is 318 g/mol. The van der Waals surface area contributed by atoms with E-state index in [-0.39, 0.29) is 11.9 Å². The molecule has 2 aromatic carbocycles. The molecule has 4 heteroatoms. The fraction of sp³-hybridized carbons (Fsp3) is 0.312. The zero-order chi connectivity index (χ0) is 14.7. The van der Waals surface area contributed by atoms with E-state index in [2.05, 4.69) is 21.2 Å². The lowest BCUT2D eigenvalue weighted by molar-refractivity contribution is -0.120. The van der Waals surface area contributed by atoms with Crippen molar-refractivity contribution < 1.29 is 9.53 Å². The van der Waals surface area contributed by atoms with Crippen molar-refractivity contribution in [3.63, 3.8) is 0 Å². The highest BCUT2D eigenvalue weighted by Crippen LogP contribution is 2.30. The van der Waals surface area contributed by atoms with Gasteiger partial charge in [-0.3, -0.25) is 4.79 Å². The van der Waals surface area contributed by atoms with Gasteiger partial charge in [0.05, 0.1) is 13.5 Å². The van der Waals surface area contributed by atoms with Crippen LogP contribution in [0.5, 0.6) is 5.75 Å². The van der Waals surface area contributed by atoms with Gasteiger partial charge in [0.1, 0.15) is 5.75 Å². The third-order valence-corrected chi connectivity index (χ3v) is 3.98. The Morgan fingerprint density at radius 1 is 1.30 bits per heavy atom. The number of carbonyl (C=O) groups is 1. The van der Waals surface area contributed by atoms with Gasteiger partial charge in [0, 0.05) is 10.5 Å². The lowest BCUT2D eigenvalue weighted by atomic mass is 10.0. The van der Waals surface area contributed by atoms with Crippen LogP contribution in [0.2, 0.25) is 0 Å². The molecule has 0 aromatic heterocycles. The predicted molar refractivity (Wildman–Crippen MR) is 85.2 cm³/mol. The van der Waals surface area contributed by atoms with Crippen LogP contribution in [0.25, 0.3) is 10.8 Å². The first-order chi connectivity index (χ1) is 9.51. The molecule has 0 fully saturated rings. The summed E-state index contributed by atoms with van der Waals surface area (Å²) in [6.07, 6.45) is 0.376. The maximum atomic E-state index is 11.9. The molecule has 0 aliphatic heterocycles. The number of benzene rings is 2. The Morgan fingerprint density at radius 3 is 2.70 bits per heavy atom. The Morgan fingerprint density at radius 2 is 2.05 bits per heavy atom. The van der Waals surface area contributed by atoms with Gasteiger partial charge in [-0.15, -0.1) is 0 Å². The highest BCUT2D eigenvalue weighted by molar-refractivity contribution is 9.10. The molecule has 0 atom stereocenters. The van der Waals surface area contributed by atoms with Gasteiger partial charge >= 0.3 is 0 Å². The van der Waals surface area contributed by atoms with Gasteiger partial charge in [0.15, 0.2) is 0 Å². The largest absolute Gasteiger partial charge is 0.497 e. The third-order valence-electron chi connectivity index (χ3n) is 3.04. The fourth-order valence-electron chi connectivity index (χ4n) is 2.12. The number of hydrogen-bond donors (Lipinski definition) is 1. The number of carbonyl (C=O) groups excluding carboxylic acids is 1. The first kappa shape index (κ1) is 14.9. The normalized spacial score (nSPS) is 10.8. The molecule has 0 spiro atoms. The van der Waals surface area contributed by atoms with Crippen LogP contribution in [-0.2, 0) is 11.2 Å². The quantitative estimate of drug-likeness (QED) is 0.925. The first-order valence-electron chi connectivity index (χ1n) is 6.55. The zero-order valence-electron chi connectivity index (χ0n) is 11.9. The van der Waals surface area contributed by atoms with E-state index in [9.17, 15) is 4.79 Å². The molecule has 0 saturated heterocycles. The minimum atomic E-state index is 0.0357. The summed E-state index contributed by atoms with van der Waals surface area (Å²) < 4.78 is 6.19. The number of ether oxygens (including phenoxy) is 1. The molecule has 20 heavy (non-hydrogen) atoms. The van der Waals surface area contributed by atoms with Crippen LogP contribution in [-0.4, -0.2) is 19.1 Å². The van der Waals surface area contributed by atoms with Crippen molar-refractivity contribution >= 4 is 32.6 Å². The summed E-state index contributed by atoms with van der Waals surface area (Å²) in [6.45, 7) is 3.92. The van der Waals surface area contributed by atoms with Gasteiger partial charge in [-0.25, -0.2) is 0 Å². The smallest absolute Gasteiger partial charge is 0.224 e. The molecular formula is C16H18BrNO2. The number of nitrogens with one attached hydrogen (secondary N) is 1. The van der Waals surface area contributed by atoms with Crippen LogP contribution < -0.4 is 10.1 Å². The van der Waals surface area contributed by atoms with E-state index in [1.54, 1.807) is 7.11 Å². The lowest BCUT2D eigenvalue weighted by Crippen LogP contribution is -2.31. The fourth-order valence-corrected chi connectivity index (χ4v) is 2.76. The summed E-state index contributed by atoms with van der Waals surface area (Å²) in [5.74, 6) is 0.864. The van der Waals surface area contributed by atoms with Crippen molar-refractivity contribution in [3.05, 3.63) is 40.4 Å². The summed E-state index contributed by atoms with van der Waals surface area (Å²) >= 11 is 3.60. The second-order valence-electron chi connectivity index (χ2n) is 5.02. The molecule has 2 rings (SSSR count). The van der Waals surface area contributed by atoms with Gasteiger partial charge < -0.3 is 10.1 Å². The number of halogens is 1. The topological polar surface area (TPSA) is 38.3 Å². The number of hydrogen-bond acceptors (Lipinski definition) is 2. The monoisotopic (exact) mass is 335 g/mol. The summed E-state index contributed by atoms with van der Waals surface area (Å²) in [5.41, 5.74) is 0.987. The molecule has 0 bridgehead atoms. The van der Waals surface area contributed by atoms with Crippen LogP contribution >= 0.6 is 15.9 Å². The number of amides is 1. The molecule has 1 amide bonds. The number of fused-ring (bicyclic) bond motifs is 1. The molecule has 0 aliphatic carbocycles. The van der Waals surface area contributed by atoms with Crippen molar-refractivity contribution in [2.45, 2.75) is 26.3 Å². The molecule has 3 nitrogen and oxygen atoms in total. The molecule has 2 aromatic rings. The van der Waals surface area contributed by atoms with E-state index in [0.29, 0.717) is 6.42 Å². The van der Waals surface area contributed by atoms with E-state index in [1.807, 2.05) is 44.2 Å². The molecule has 0 aliphatic rings. The Hall–Kier alpha value is -1.55. The number of rotatable bonds is 4. The second-order valence-corrected chi connectivity index (χ2v) is 5.82. The molecule has 1 N–H and O–H groups in total. The Kier molecular flexibility index (Phi) is 4.65. The van der Waals surface area contributed by atoms with Crippen molar-refractivity contribution in [1.82, 2.24) is 5.32 Å². The van der Waals surface area contributed by atoms with Gasteiger partial charge in [-0.05, 0) is 64.3 Å². The molecule has 0 heterocycles. The van der Waals surface area contributed by atoms with Gasteiger partial charge in [-0.2, -0.15) is 0 Å². The Bertz CT molecular complexity index is 638. The SMILES string of the molecule is COc1ccc2c(Br)c(CC(=O)NC(C)C)ccc2c1. The maximum absolute atomic E-state index is 11.9. The maximum Gasteiger partial charge on any atom is 0.224 e. The van der Waals surface area contributed by atoms with Crippen LogP contribution in [0.1, 0.15) is 19.4 Å². The lowest BCUT2D eigenvalue weighted by Gasteiger charge is -2.11. The number of methoxy groups -OCH3 is 1. The molecule has 0 unspecified atom stereocenters. The minimum Gasteiger partial charge on any atom is -0.497 e. The first-order valence-corrected chi connectivity index (χ1v) is 7.35. The van der Waals surface area contributed by atoms with Crippen LogP contribution in [0.3, 0.4) is 0 Å². The Balaban J connectivity index is 2.32. The van der Waals surface area contributed by atoms with Crippen LogP contribution in [0.15, 0.2) is 34.8 Å². The average Bonchev–Trinajstić information content (AvgIpc) is 2.40. The highest BCUT2D eigenvalue weighted by atomic mass is 79.9. The van der Waals surface area contributed by atoms with Crippen molar-refractivity contribution in [1.29, 1.82) is 0 Å². The van der Waals surface area contributed by atoms with Crippen molar-refractivity contribution in [2.24, 2.45) is 0 Å². The standard InChI is InChI=1S/C16H18BrNO2/c1-10(2)18-15(19)9-12-5-4-11-8-13(20-3)6-7-14(11)16(12)17/h4-8,10H,9H2,1-3H3,(H,18,19). The Labute approximate surface area is 127 Å². The van der Waals surface area contributed by atoms with E-state index < -0.39 is 0 Å². The van der Waals surface area contributed by atoms with E-state index >= 15 is 0 Å². The second kappa shape index (κ2) is 6.27. The average molecular weight is 336 g/mol. The van der Waals surface area contributed by atoms with Crippen molar-refractivity contribution in [2.75, 3.05) is 7.11 Å². The highest BCUT2D eigenvalue weighted by Gasteiger charge is 2.10. The van der Waals surface area contributed by atoms with Gasteiger partial charge in [0.25, 0.3) is 0 Å². The summed E-state index contributed by atoms with van der Waals surface area (Å²) in [6, 6.07) is 10.1. The molecule has 106 valence electrons. The summed E-state index contributed by atoms with van der Waals surface area (Å²) in [5, 5.41) is 5.08. The van der Waals surface area contributed by atoms with E-state index in [4.69, 9.17) is 4.74 Å². The van der Waals surface area contributed by atoms with Gasteiger partial charge in [0.2, 0.25) is 5.91 Å². The molecule has 0 radical (unpaired) electrons. The van der Waals surface area contributed by atoms with Crippen LogP contribution in [0.4, 0.5) is 0 Å². The van der Waals surface area contributed by atoms with Crippen LogP contribution in [0, 0.1) is 0 Å². The van der Waals surface area contributed by atoms with E-state index in [1.165, 1.54) is 0 Å². The summed E-state index contributed by atoms with van der Waals surface area (Å²) in [7, 11) is 1.65. The van der Waals surface area contributed by atoms with Gasteiger partial charge in [-0.1, -0.05) is 12.1 Å². The third kappa shape index (κ3) is 3.31. The summed E-state index contributed by atoms with van der Waals surface area (Å²) in [4.78, 5) is 11.9. The van der Waals surface area contributed by atoms with Crippen molar-refractivity contribution in [3.8, 4) is 5.75 Å². The zero-order valence-corrected chi connectivity index (χ0v) is 13.5. The minimum absolute atomic E-state index is 0.0357. The predicted octanol–water partition coefficient (Wildman–Crippen LogP) is 3.68. The molecule has 0 saturated carbocycles. The van der Waals surface area contributed by atoms with E-state index in [0.717, 1.165) is 26.6 Å².